The highest BCUT2D eigenvalue weighted by Crippen LogP contribution is 2.23. The van der Waals surface area contributed by atoms with Gasteiger partial charge in [-0.2, -0.15) is 5.10 Å². The third-order valence-electron chi connectivity index (χ3n) is 2.93. The molecule has 0 aliphatic carbocycles. The number of hydrogen-bond acceptors (Lipinski definition) is 1. The molecular weight excluding hydrogens is 203 g/mol. The summed E-state index contributed by atoms with van der Waals surface area (Å²) in [6, 6.07) is 6.08. The Kier molecular flexibility index (Phi) is 2.95. The van der Waals surface area contributed by atoms with Crippen LogP contribution in [-0.4, -0.2) is 16.5 Å². The van der Waals surface area contributed by atoms with Gasteiger partial charge in [0.1, 0.15) is 6.67 Å². The molecule has 0 radical (unpaired) electrons. The lowest BCUT2D eigenvalue weighted by Gasteiger charge is -2.11. The molecule has 0 fully saturated rings. The fourth-order valence-electron chi connectivity index (χ4n) is 1.83. The zero-order chi connectivity index (χ0) is 11.7. The smallest absolute Gasteiger partial charge is 0.112 e. The van der Waals surface area contributed by atoms with Crippen LogP contribution in [-0.2, 0) is 0 Å². The predicted octanol–water partition coefficient (Wildman–Crippen LogP) is 3.69. The van der Waals surface area contributed by atoms with E-state index in [1.165, 1.54) is 5.56 Å². The molecule has 1 atom stereocenters. The number of aromatic nitrogens is 2. The summed E-state index contributed by atoms with van der Waals surface area (Å²) in [5.74, 6) is 0.480. The van der Waals surface area contributed by atoms with E-state index >= 15 is 0 Å². The van der Waals surface area contributed by atoms with Gasteiger partial charge >= 0.3 is 0 Å². The van der Waals surface area contributed by atoms with Crippen molar-refractivity contribution < 1.29 is 4.39 Å². The zero-order valence-electron chi connectivity index (χ0n) is 9.94. The normalized spacial score (nSPS) is 13.6. The second-order valence-corrected chi connectivity index (χ2v) is 4.57. The van der Waals surface area contributed by atoms with Gasteiger partial charge in [0.15, 0.2) is 0 Å². The van der Waals surface area contributed by atoms with Crippen LogP contribution in [0.3, 0.4) is 0 Å². The van der Waals surface area contributed by atoms with Crippen molar-refractivity contribution >= 4 is 10.9 Å². The van der Waals surface area contributed by atoms with Crippen molar-refractivity contribution in [3.63, 3.8) is 0 Å². The molecular formula is C13H17FN2. The minimum absolute atomic E-state index is 0.195. The average Bonchev–Trinajstić information content (AvgIpc) is 2.70. The van der Waals surface area contributed by atoms with Crippen molar-refractivity contribution in [3.05, 3.63) is 30.0 Å². The number of alkyl halides is 1. The molecule has 0 bridgehead atoms. The Morgan fingerprint density at radius 1 is 1.31 bits per heavy atom. The summed E-state index contributed by atoms with van der Waals surface area (Å²) in [5.41, 5.74) is 2.29. The first-order valence-electron chi connectivity index (χ1n) is 5.66. The molecule has 0 spiro atoms. The van der Waals surface area contributed by atoms with E-state index < -0.39 is 0 Å². The van der Waals surface area contributed by atoms with Crippen LogP contribution >= 0.6 is 0 Å². The van der Waals surface area contributed by atoms with E-state index in [-0.39, 0.29) is 12.7 Å². The molecule has 1 heterocycles. The topological polar surface area (TPSA) is 17.8 Å². The lowest BCUT2D eigenvalue weighted by atomic mass is 10.0. The molecule has 1 aromatic heterocycles. The Hall–Kier alpha value is -1.38. The van der Waals surface area contributed by atoms with Gasteiger partial charge in [0.25, 0.3) is 0 Å². The number of hydrogen-bond donors (Lipinski definition) is 0. The number of rotatable bonds is 3. The van der Waals surface area contributed by atoms with Crippen molar-refractivity contribution in [2.75, 3.05) is 6.67 Å². The van der Waals surface area contributed by atoms with Crippen LogP contribution in [0.5, 0.6) is 0 Å². The third kappa shape index (κ3) is 1.82. The maximum Gasteiger partial charge on any atom is 0.112 e. The van der Waals surface area contributed by atoms with Crippen LogP contribution in [0.2, 0.25) is 0 Å². The Morgan fingerprint density at radius 3 is 2.69 bits per heavy atom. The van der Waals surface area contributed by atoms with Gasteiger partial charge in [-0.1, -0.05) is 26.0 Å². The average molecular weight is 220 g/mol. The molecule has 0 amide bonds. The standard InChI is InChI=1S/C13H17FN2/c1-9(2)11-4-5-12-8-15-16(10(3)7-14)13(12)6-11/h4-6,8-10H,7H2,1-3H3. The van der Waals surface area contributed by atoms with Gasteiger partial charge in [0.05, 0.1) is 17.8 Å². The maximum atomic E-state index is 12.7. The molecule has 3 heteroatoms. The molecule has 0 saturated heterocycles. The lowest BCUT2D eigenvalue weighted by molar-refractivity contribution is 0.363. The zero-order valence-corrected chi connectivity index (χ0v) is 9.94. The Morgan fingerprint density at radius 2 is 2.06 bits per heavy atom. The molecule has 86 valence electrons. The monoisotopic (exact) mass is 220 g/mol. The number of fused-ring (bicyclic) bond motifs is 1. The fourth-order valence-corrected chi connectivity index (χ4v) is 1.83. The van der Waals surface area contributed by atoms with Crippen LogP contribution < -0.4 is 0 Å². The summed E-state index contributed by atoms with van der Waals surface area (Å²) in [6.45, 7) is 5.76. The van der Waals surface area contributed by atoms with Crippen molar-refractivity contribution in [1.29, 1.82) is 0 Å². The molecule has 0 saturated carbocycles. The first-order chi connectivity index (χ1) is 7.63. The maximum absolute atomic E-state index is 12.7. The van der Waals surface area contributed by atoms with E-state index in [0.717, 1.165) is 10.9 Å². The molecule has 0 aliphatic rings. The Bertz CT molecular complexity index is 488. The van der Waals surface area contributed by atoms with Gasteiger partial charge in [-0.25, -0.2) is 4.39 Å². The fraction of sp³-hybridized carbons (Fsp3) is 0.462. The van der Waals surface area contributed by atoms with Gasteiger partial charge in [0, 0.05) is 5.39 Å². The van der Waals surface area contributed by atoms with Crippen LogP contribution in [0.25, 0.3) is 10.9 Å². The highest BCUT2D eigenvalue weighted by molar-refractivity contribution is 5.79. The van der Waals surface area contributed by atoms with Crippen molar-refractivity contribution in [1.82, 2.24) is 9.78 Å². The summed E-state index contributed by atoms with van der Waals surface area (Å²) in [5, 5.41) is 5.32. The molecule has 16 heavy (non-hydrogen) atoms. The van der Waals surface area contributed by atoms with E-state index in [0.29, 0.717) is 5.92 Å². The third-order valence-corrected chi connectivity index (χ3v) is 2.93. The van der Waals surface area contributed by atoms with E-state index in [1.807, 2.05) is 6.92 Å². The molecule has 2 rings (SSSR count). The van der Waals surface area contributed by atoms with Crippen LogP contribution in [0.4, 0.5) is 4.39 Å². The second kappa shape index (κ2) is 4.24. The van der Waals surface area contributed by atoms with Crippen molar-refractivity contribution in [3.8, 4) is 0 Å². The predicted molar refractivity (Wildman–Crippen MR) is 64.5 cm³/mol. The van der Waals surface area contributed by atoms with Crippen LogP contribution in [0, 0.1) is 0 Å². The number of nitrogens with zero attached hydrogens (tertiary/aromatic N) is 2. The molecule has 0 N–H and O–H groups in total. The van der Waals surface area contributed by atoms with Crippen LogP contribution in [0.1, 0.15) is 38.3 Å². The highest BCUT2D eigenvalue weighted by Gasteiger charge is 2.10. The summed E-state index contributed by atoms with van der Waals surface area (Å²) >= 11 is 0. The van der Waals surface area contributed by atoms with Gasteiger partial charge in [-0.3, -0.25) is 4.68 Å². The molecule has 1 aromatic carbocycles. The van der Waals surface area contributed by atoms with Gasteiger partial charge < -0.3 is 0 Å². The van der Waals surface area contributed by atoms with E-state index in [1.54, 1.807) is 10.9 Å². The summed E-state index contributed by atoms with van der Waals surface area (Å²) < 4.78 is 14.4. The minimum atomic E-state index is -0.386. The first-order valence-corrected chi connectivity index (χ1v) is 5.66. The highest BCUT2D eigenvalue weighted by atomic mass is 19.1. The molecule has 0 aliphatic heterocycles. The quantitative estimate of drug-likeness (QED) is 0.771. The summed E-state index contributed by atoms with van der Waals surface area (Å²) in [7, 11) is 0. The minimum Gasteiger partial charge on any atom is -0.259 e. The SMILES string of the molecule is CC(C)c1ccc2cnn(C(C)CF)c2c1. The number of benzene rings is 1. The van der Waals surface area contributed by atoms with E-state index in [9.17, 15) is 4.39 Å². The molecule has 1 unspecified atom stereocenters. The largest absolute Gasteiger partial charge is 0.259 e. The van der Waals surface area contributed by atoms with E-state index in [2.05, 4.69) is 37.1 Å². The van der Waals surface area contributed by atoms with Crippen molar-refractivity contribution in [2.24, 2.45) is 0 Å². The number of halogens is 1. The van der Waals surface area contributed by atoms with Gasteiger partial charge in [-0.05, 0) is 24.5 Å². The second-order valence-electron chi connectivity index (χ2n) is 4.57. The van der Waals surface area contributed by atoms with Gasteiger partial charge in [0.2, 0.25) is 0 Å². The Labute approximate surface area is 95.1 Å². The first kappa shape index (κ1) is 11.1. The van der Waals surface area contributed by atoms with Crippen molar-refractivity contribution in [2.45, 2.75) is 32.7 Å². The van der Waals surface area contributed by atoms with E-state index in [4.69, 9.17) is 0 Å². The lowest BCUT2D eigenvalue weighted by Crippen LogP contribution is -2.08. The summed E-state index contributed by atoms with van der Waals surface area (Å²) in [6.07, 6.45) is 1.80. The molecule has 2 nitrogen and oxygen atoms in total. The van der Waals surface area contributed by atoms with Crippen LogP contribution in [0.15, 0.2) is 24.4 Å². The molecule has 2 aromatic rings. The summed E-state index contributed by atoms with van der Waals surface area (Å²) in [4.78, 5) is 0. The van der Waals surface area contributed by atoms with Gasteiger partial charge in [-0.15, -0.1) is 0 Å². The Balaban J connectivity index is 2.55.